The van der Waals surface area contributed by atoms with Crippen LogP contribution in [0.5, 0.6) is 0 Å². The van der Waals surface area contributed by atoms with E-state index >= 15 is 0 Å². The number of amides is 1. The summed E-state index contributed by atoms with van der Waals surface area (Å²) in [6.45, 7) is 0.765. The number of benzene rings is 1. The maximum absolute atomic E-state index is 13.2. The van der Waals surface area contributed by atoms with Gasteiger partial charge in [0.1, 0.15) is 5.82 Å². The van der Waals surface area contributed by atoms with Gasteiger partial charge in [0.25, 0.3) is 5.69 Å². The number of nitrogens with one attached hydrogen (secondary N) is 2. The van der Waals surface area contributed by atoms with Gasteiger partial charge in [0.15, 0.2) is 0 Å². The van der Waals surface area contributed by atoms with Crippen LogP contribution in [0.25, 0.3) is 0 Å². The number of piperidine rings is 1. The molecule has 0 spiro atoms. The Bertz CT molecular complexity index is 501. The molecule has 0 aromatic heterocycles. The topological polar surface area (TPSA) is 84.3 Å². The van der Waals surface area contributed by atoms with Crippen molar-refractivity contribution in [2.45, 2.75) is 25.3 Å². The van der Waals surface area contributed by atoms with Crippen molar-refractivity contribution in [2.75, 3.05) is 11.9 Å². The van der Waals surface area contributed by atoms with Crippen molar-refractivity contribution in [3.8, 4) is 0 Å². The fourth-order valence-corrected chi connectivity index (χ4v) is 2.06. The van der Waals surface area contributed by atoms with Gasteiger partial charge in [-0.2, -0.15) is 0 Å². The van der Waals surface area contributed by atoms with Gasteiger partial charge in [-0.25, -0.2) is 4.39 Å². The minimum absolute atomic E-state index is 0.101. The van der Waals surface area contributed by atoms with E-state index in [1.165, 1.54) is 0 Å². The SMILES string of the molecule is O=C(Nc1cc(F)cc([N+](=O)[O-])c1)[C@H]1CCCCN1. The number of hydrogen-bond acceptors (Lipinski definition) is 4. The molecular formula is C12H14FN3O3. The van der Waals surface area contributed by atoms with Crippen molar-refractivity contribution in [3.63, 3.8) is 0 Å². The quantitative estimate of drug-likeness (QED) is 0.646. The van der Waals surface area contributed by atoms with Crippen molar-refractivity contribution < 1.29 is 14.1 Å². The van der Waals surface area contributed by atoms with E-state index in [2.05, 4.69) is 10.6 Å². The van der Waals surface area contributed by atoms with Crippen LogP contribution in [0.4, 0.5) is 15.8 Å². The van der Waals surface area contributed by atoms with Crippen LogP contribution in [0.2, 0.25) is 0 Å². The highest BCUT2D eigenvalue weighted by Crippen LogP contribution is 2.20. The van der Waals surface area contributed by atoms with Gasteiger partial charge in [-0.15, -0.1) is 0 Å². The van der Waals surface area contributed by atoms with Gasteiger partial charge in [0.05, 0.1) is 22.7 Å². The maximum atomic E-state index is 13.2. The first-order valence-corrected chi connectivity index (χ1v) is 6.05. The average Bonchev–Trinajstić information content (AvgIpc) is 2.39. The molecule has 2 rings (SSSR count). The number of nitro benzene ring substituents is 1. The number of non-ortho nitro benzene ring substituents is 1. The summed E-state index contributed by atoms with van der Waals surface area (Å²) in [5, 5.41) is 16.2. The van der Waals surface area contributed by atoms with E-state index in [0.29, 0.717) is 6.42 Å². The molecule has 1 aromatic rings. The smallest absolute Gasteiger partial charge is 0.274 e. The summed E-state index contributed by atoms with van der Waals surface area (Å²) in [5.41, 5.74) is -0.282. The van der Waals surface area contributed by atoms with Crippen molar-refractivity contribution in [3.05, 3.63) is 34.1 Å². The molecule has 0 radical (unpaired) electrons. The van der Waals surface area contributed by atoms with Gasteiger partial charge >= 0.3 is 0 Å². The van der Waals surface area contributed by atoms with Gasteiger partial charge in [-0.05, 0) is 25.5 Å². The van der Waals surface area contributed by atoms with Crippen LogP contribution in [0.3, 0.4) is 0 Å². The molecule has 1 aromatic carbocycles. The molecule has 1 atom stereocenters. The molecule has 1 fully saturated rings. The summed E-state index contributed by atoms with van der Waals surface area (Å²) in [6, 6.07) is 2.70. The Balaban J connectivity index is 2.09. The number of halogens is 1. The number of nitrogens with zero attached hydrogens (tertiary/aromatic N) is 1. The van der Waals surface area contributed by atoms with Crippen LogP contribution in [0, 0.1) is 15.9 Å². The molecule has 0 unspecified atom stereocenters. The predicted octanol–water partition coefficient (Wildman–Crippen LogP) is 1.81. The van der Waals surface area contributed by atoms with Crippen molar-refractivity contribution in [1.29, 1.82) is 0 Å². The highest BCUT2D eigenvalue weighted by atomic mass is 19.1. The summed E-state index contributed by atoms with van der Waals surface area (Å²) >= 11 is 0. The zero-order valence-electron chi connectivity index (χ0n) is 10.2. The minimum atomic E-state index is -0.749. The molecule has 19 heavy (non-hydrogen) atoms. The molecule has 0 aliphatic carbocycles. The normalized spacial score (nSPS) is 18.9. The van der Waals surface area contributed by atoms with Gasteiger partial charge in [-0.1, -0.05) is 6.42 Å². The Labute approximate surface area is 109 Å². The highest BCUT2D eigenvalue weighted by Gasteiger charge is 2.21. The van der Waals surface area contributed by atoms with Crippen LogP contribution in [0.15, 0.2) is 18.2 Å². The molecule has 1 heterocycles. The number of hydrogen-bond donors (Lipinski definition) is 2. The Morgan fingerprint density at radius 2 is 2.21 bits per heavy atom. The van der Waals surface area contributed by atoms with E-state index in [0.717, 1.165) is 37.6 Å². The largest absolute Gasteiger partial charge is 0.324 e. The maximum Gasteiger partial charge on any atom is 0.274 e. The van der Waals surface area contributed by atoms with E-state index in [1.807, 2.05) is 0 Å². The molecule has 1 aliphatic rings. The Kier molecular flexibility index (Phi) is 4.06. The lowest BCUT2D eigenvalue weighted by molar-refractivity contribution is -0.385. The lowest BCUT2D eigenvalue weighted by atomic mass is 10.0. The Hall–Kier alpha value is -2.02. The summed E-state index contributed by atoms with van der Waals surface area (Å²) in [6.07, 6.45) is 2.69. The van der Waals surface area contributed by atoms with Crippen LogP contribution in [0.1, 0.15) is 19.3 Å². The standard InChI is InChI=1S/C12H14FN3O3/c13-8-5-9(7-10(6-8)16(18)19)15-12(17)11-3-1-2-4-14-11/h5-7,11,14H,1-4H2,(H,15,17)/t11-/m1/s1. The van der Waals surface area contributed by atoms with Gasteiger partial charge in [0.2, 0.25) is 5.91 Å². The van der Waals surface area contributed by atoms with E-state index < -0.39 is 10.7 Å². The molecule has 1 amide bonds. The monoisotopic (exact) mass is 267 g/mol. The van der Waals surface area contributed by atoms with E-state index in [4.69, 9.17) is 0 Å². The molecule has 1 saturated heterocycles. The minimum Gasteiger partial charge on any atom is -0.324 e. The van der Waals surface area contributed by atoms with E-state index in [1.54, 1.807) is 0 Å². The molecule has 6 nitrogen and oxygen atoms in total. The van der Waals surface area contributed by atoms with Crippen LogP contribution in [-0.4, -0.2) is 23.4 Å². The van der Waals surface area contributed by atoms with Gasteiger partial charge in [0, 0.05) is 6.07 Å². The molecule has 0 saturated carbocycles. The van der Waals surface area contributed by atoms with E-state index in [-0.39, 0.29) is 23.3 Å². The van der Waals surface area contributed by atoms with Crippen molar-refractivity contribution >= 4 is 17.3 Å². The second-order valence-corrected chi connectivity index (χ2v) is 4.45. The molecule has 0 bridgehead atoms. The first kappa shape index (κ1) is 13.4. The molecule has 1 aliphatic heterocycles. The number of nitro groups is 1. The number of carbonyl (C=O) groups excluding carboxylic acids is 1. The van der Waals surface area contributed by atoms with Crippen LogP contribution < -0.4 is 10.6 Å². The summed E-state index contributed by atoms with van der Waals surface area (Å²) < 4.78 is 13.2. The van der Waals surface area contributed by atoms with Crippen molar-refractivity contribution in [2.24, 2.45) is 0 Å². The predicted molar refractivity (Wildman–Crippen MR) is 67.3 cm³/mol. The second-order valence-electron chi connectivity index (χ2n) is 4.45. The average molecular weight is 267 g/mol. The number of carbonyl (C=O) groups is 1. The fraction of sp³-hybridized carbons (Fsp3) is 0.417. The van der Waals surface area contributed by atoms with Crippen LogP contribution >= 0.6 is 0 Å². The number of anilines is 1. The Morgan fingerprint density at radius 3 is 2.84 bits per heavy atom. The third kappa shape index (κ3) is 3.47. The van der Waals surface area contributed by atoms with Crippen molar-refractivity contribution in [1.82, 2.24) is 5.32 Å². The molecule has 7 heteroatoms. The first-order chi connectivity index (χ1) is 9.06. The lowest BCUT2D eigenvalue weighted by Crippen LogP contribution is -2.43. The third-order valence-corrected chi connectivity index (χ3v) is 2.99. The molecule has 2 N–H and O–H groups in total. The molecule has 102 valence electrons. The second kappa shape index (κ2) is 5.75. The van der Waals surface area contributed by atoms with Crippen LogP contribution in [-0.2, 0) is 4.79 Å². The summed E-state index contributed by atoms with van der Waals surface area (Å²) in [7, 11) is 0. The van der Waals surface area contributed by atoms with Gasteiger partial charge in [-0.3, -0.25) is 14.9 Å². The lowest BCUT2D eigenvalue weighted by Gasteiger charge is -2.22. The summed E-state index contributed by atoms with van der Waals surface area (Å²) in [5.74, 6) is -1.04. The zero-order valence-corrected chi connectivity index (χ0v) is 10.2. The number of rotatable bonds is 3. The van der Waals surface area contributed by atoms with Gasteiger partial charge < -0.3 is 10.6 Å². The zero-order chi connectivity index (χ0) is 13.8. The molecular weight excluding hydrogens is 253 g/mol. The third-order valence-electron chi connectivity index (χ3n) is 2.99. The Morgan fingerprint density at radius 1 is 1.42 bits per heavy atom. The summed E-state index contributed by atoms with van der Waals surface area (Å²) in [4.78, 5) is 21.8. The first-order valence-electron chi connectivity index (χ1n) is 6.05. The fourth-order valence-electron chi connectivity index (χ4n) is 2.06. The van der Waals surface area contributed by atoms with E-state index in [9.17, 15) is 19.3 Å². The highest BCUT2D eigenvalue weighted by molar-refractivity contribution is 5.95.